The maximum atomic E-state index is 3.78. The van der Waals surface area contributed by atoms with E-state index in [9.17, 15) is 0 Å². The molecule has 1 aromatic carbocycles. The van der Waals surface area contributed by atoms with E-state index in [4.69, 9.17) is 0 Å². The van der Waals surface area contributed by atoms with Gasteiger partial charge in [-0.3, -0.25) is 4.90 Å². The molecule has 1 N–H and O–H groups in total. The van der Waals surface area contributed by atoms with Crippen LogP contribution in [0.3, 0.4) is 0 Å². The number of hydrogen-bond donors (Lipinski definition) is 1. The summed E-state index contributed by atoms with van der Waals surface area (Å²) in [5, 5.41) is 3.78. The number of likely N-dealkylation sites (tertiary alicyclic amines) is 1. The van der Waals surface area contributed by atoms with E-state index < -0.39 is 0 Å². The number of piperidine rings is 1. The molecule has 1 saturated heterocycles. The van der Waals surface area contributed by atoms with E-state index in [1.165, 1.54) is 44.3 Å². The molecule has 1 aliphatic rings. The maximum absolute atomic E-state index is 3.78. The maximum Gasteiger partial charge on any atom is 0.0334 e. The Morgan fingerprint density at radius 3 is 2.33 bits per heavy atom. The molecule has 2 nitrogen and oxygen atoms in total. The summed E-state index contributed by atoms with van der Waals surface area (Å²) in [6.07, 6.45) is 6.45. The lowest BCUT2D eigenvalue weighted by atomic mass is 9.82. The van der Waals surface area contributed by atoms with Gasteiger partial charge >= 0.3 is 0 Å². The summed E-state index contributed by atoms with van der Waals surface area (Å²) >= 11 is 0. The minimum atomic E-state index is 0.256. The van der Waals surface area contributed by atoms with E-state index in [1.54, 1.807) is 0 Å². The van der Waals surface area contributed by atoms with Crippen LogP contribution >= 0.6 is 0 Å². The molecule has 2 unspecified atom stereocenters. The van der Waals surface area contributed by atoms with Crippen molar-refractivity contribution in [2.45, 2.75) is 64.5 Å². The topological polar surface area (TPSA) is 15.3 Å². The van der Waals surface area contributed by atoms with Crippen molar-refractivity contribution >= 4 is 0 Å². The fraction of sp³-hybridized carbons (Fsp3) is 0.684. The molecule has 0 spiro atoms. The van der Waals surface area contributed by atoms with Crippen molar-refractivity contribution in [3.8, 4) is 0 Å². The largest absolute Gasteiger partial charge is 0.312 e. The van der Waals surface area contributed by atoms with Crippen LogP contribution in [0.1, 0.15) is 52.0 Å². The zero-order chi connectivity index (χ0) is 15.1. The van der Waals surface area contributed by atoms with Crippen molar-refractivity contribution in [3.63, 3.8) is 0 Å². The Labute approximate surface area is 130 Å². The Kier molecular flexibility index (Phi) is 6.25. The molecule has 0 radical (unpaired) electrons. The first-order valence-electron chi connectivity index (χ1n) is 8.73. The Balaban J connectivity index is 2.16. The molecule has 0 aromatic heterocycles. The first kappa shape index (κ1) is 16.5. The quantitative estimate of drug-likeness (QED) is 0.819. The molecule has 0 aliphatic carbocycles. The van der Waals surface area contributed by atoms with Crippen LogP contribution in [-0.4, -0.2) is 36.1 Å². The number of nitrogens with one attached hydrogen (secondary N) is 1. The lowest BCUT2D eigenvalue weighted by Crippen LogP contribution is -2.61. The third-order valence-electron chi connectivity index (χ3n) is 5.28. The third kappa shape index (κ3) is 4.08. The first-order chi connectivity index (χ1) is 10.2. The van der Waals surface area contributed by atoms with E-state index in [1.807, 2.05) is 0 Å². The molecule has 1 aliphatic heterocycles. The van der Waals surface area contributed by atoms with Gasteiger partial charge in [-0.25, -0.2) is 0 Å². The second-order valence-corrected chi connectivity index (χ2v) is 6.56. The first-order valence-corrected chi connectivity index (χ1v) is 8.73. The van der Waals surface area contributed by atoms with Gasteiger partial charge in [0, 0.05) is 11.6 Å². The molecule has 0 amide bonds. The SMILES string of the molecule is CCNC(Cc1ccccc1)C(C)(CC)N1CCCCC1. The molecule has 1 heterocycles. The predicted molar refractivity (Wildman–Crippen MR) is 91.7 cm³/mol. The zero-order valence-electron chi connectivity index (χ0n) is 14.1. The molecule has 2 rings (SSSR count). The van der Waals surface area contributed by atoms with E-state index in [0.717, 1.165) is 13.0 Å². The number of rotatable bonds is 7. The van der Waals surface area contributed by atoms with E-state index in [-0.39, 0.29) is 5.54 Å². The van der Waals surface area contributed by atoms with Crippen molar-refractivity contribution in [1.82, 2.24) is 10.2 Å². The molecule has 2 heteroatoms. The van der Waals surface area contributed by atoms with Crippen LogP contribution in [0.15, 0.2) is 30.3 Å². The fourth-order valence-corrected chi connectivity index (χ4v) is 3.70. The van der Waals surface area contributed by atoms with Crippen molar-refractivity contribution in [2.75, 3.05) is 19.6 Å². The summed E-state index contributed by atoms with van der Waals surface area (Å²) < 4.78 is 0. The average Bonchev–Trinajstić information content (AvgIpc) is 2.55. The molecule has 1 aromatic rings. The molecule has 1 fully saturated rings. The Morgan fingerprint density at radius 2 is 1.76 bits per heavy atom. The summed E-state index contributed by atoms with van der Waals surface area (Å²) in [6.45, 7) is 10.6. The minimum Gasteiger partial charge on any atom is -0.312 e. The van der Waals surface area contributed by atoms with Crippen molar-refractivity contribution in [1.29, 1.82) is 0 Å². The van der Waals surface area contributed by atoms with E-state index >= 15 is 0 Å². The van der Waals surface area contributed by atoms with Crippen LogP contribution in [0, 0.1) is 0 Å². The van der Waals surface area contributed by atoms with Gasteiger partial charge in [-0.2, -0.15) is 0 Å². The van der Waals surface area contributed by atoms with Gasteiger partial charge in [-0.1, -0.05) is 50.6 Å². The number of likely N-dealkylation sites (N-methyl/N-ethyl adjacent to an activating group) is 1. The molecule has 118 valence electrons. The highest BCUT2D eigenvalue weighted by Crippen LogP contribution is 2.29. The van der Waals surface area contributed by atoms with Crippen LogP contribution in [-0.2, 0) is 6.42 Å². The van der Waals surface area contributed by atoms with Crippen molar-refractivity contribution in [3.05, 3.63) is 35.9 Å². The van der Waals surface area contributed by atoms with Crippen molar-refractivity contribution < 1.29 is 0 Å². The summed E-state index contributed by atoms with van der Waals surface area (Å²) in [5.74, 6) is 0. The molecule has 2 atom stereocenters. The van der Waals surface area contributed by atoms with Gasteiger partial charge in [-0.05, 0) is 57.8 Å². The van der Waals surface area contributed by atoms with Crippen LogP contribution in [0.4, 0.5) is 0 Å². The zero-order valence-corrected chi connectivity index (χ0v) is 14.1. The highest BCUT2D eigenvalue weighted by Gasteiger charge is 2.38. The minimum absolute atomic E-state index is 0.256. The van der Waals surface area contributed by atoms with Crippen molar-refractivity contribution in [2.24, 2.45) is 0 Å². The third-order valence-corrected chi connectivity index (χ3v) is 5.28. The van der Waals surface area contributed by atoms with Gasteiger partial charge < -0.3 is 5.32 Å². The van der Waals surface area contributed by atoms with E-state index in [2.05, 4.69) is 61.3 Å². The van der Waals surface area contributed by atoms with Gasteiger partial charge in [-0.15, -0.1) is 0 Å². The monoisotopic (exact) mass is 288 g/mol. The summed E-state index contributed by atoms with van der Waals surface area (Å²) in [6, 6.07) is 11.5. The van der Waals surface area contributed by atoms with Crippen LogP contribution in [0.25, 0.3) is 0 Å². The van der Waals surface area contributed by atoms with Gasteiger partial charge in [0.1, 0.15) is 0 Å². The van der Waals surface area contributed by atoms with Gasteiger partial charge in [0.15, 0.2) is 0 Å². The Bertz CT molecular complexity index is 397. The molecular weight excluding hydrogens is 256 g/mol. The van der Waals surface area contributed by atoms with Crippen LogP contribution in [0.5, 0.6) is 0 Å². The second kappa shape index (κ2) is 7.95. The second-order valence-electron chi connectivity index (χ2n) is 6.56. The highest BCUT2D eigenvalue weighted by atomic mass is 15.2. The number of nitrogens with zero attached hydrogens (tertiary/aromatic N) is 1. The smallest absolute Gasteiger partial charge is 0.0334 e. The average molecular weight is 288 g/mol. The Hall–Kier alpha value is -0.860. The summed E-state index contributed by atoms with van der Waals surface area (Å²) in [4.78, 5) is 2.74. The molecule has 0 bridgehead atoms. The standard InChI is InChI=1S/C19H32N2/c1-4-19(3,21-14-10-7-11-15-21)18(20-5-2)16-17-12-8-6-9-13-17/h6,8-9,12-13,18,20H,4-5,7,10-11,14-16H2,1-3H3. The lowest BCUT2D eigenvalue weighted by molar-refractivity contribution is 0.0434. The van der Waals surface area contributed by atoms with E-state index in [0.29, 0.717) is 6.04 Å². The normalized spacial score (nSPS) is 20.9. The number of benzene rings is 1. The highest BCUT2D eigenvalue weighted by molar-refractivity contribution is 5.17. The molecular formula is C19H32N2. The van der Waals surface area contributed by atoms with Crippen LogP contribution < -0.4 is 5.32 Å². The van der Waals surface area contributed by atoms with Gasteiger partial charge in [0.2, 0.25) is 0 Å². The van der Waals surface area contributed by atoms with Gasteiger partial charge in [0.25, 0.3) is 0 Å². The summed E-state index contributed by atoms with van der Waals surface area (Å²) in [5.41, 5.74) is 1.70. The molecule has 21 heavy (non-hydrogen) atoms. The van der Waals surface area contributed by atoms with Crippen LogP contribution in [0.2, 0.25) is 0 Å². The Morgan fingerprint density at radius 1 is 1.10 bits per heavy atom. The van der Waals surface area contributed by atoms with Gasteiger partial charge in [0.05, 0.1) is 0 Å². The predicted octanol–water partition coefficient (Wildman–Crippen LogP) is 3.86. The number of hydrogen-bond acceptors (Lipinski definition) is 2. The molecule has 0 saturated carbocycles. The lowest BCUT2D eigenvalue weighted by Gasteiger charge is -2.48. The fourth-order valence-electron chi connectivity index (χ4n) is 3.70. The summed E-state index contributed by atoms with van der Waals surface area (Å²) in [7, 11) is 0.